The fourth-order valence-electron chi connectivity index (χ4n) is 2.59. The molecule has 1 unspecified atom stereocenters. The molecule has 3 N–H and O–H groups in total. The summed E-state index contributed by atoms with van der Waals surface area (Å²) in [5.74, 6) is -1.90. The number of aryl methyl sites for hydroxylation is 1. The van der Waals surface area contributed by atoms with E-state index < -0.39 is 29.1 Å². The lowest BCUT2D eigenvalue weighted by Gasteiger charge is -2.26. The molecule has 0 radical (unpaired) electrons. The number of anilines is 1. The highest BCUT2D eigenvalue weighted by atomic mass is 32.1. The lowest BCUT2D eigenvalue weighted by atomic mass is 9.96. The van der Waals surface area contributed by atoms with Gasteiger partial charge in [0.05, 0.1) is 9.88 Å². The van der Waals surface area contributed by atoms with Crippen LogP contribution in [-0.4, -0.2) is 29.7 Å². The summed E-state index contributed by atoms with van der Waals surface area (Å²) in [6.07, 6.45) is 0. The van der Waals surface area contributed by atoms with Crippen molar-refractivity contribution in [1.82, 2.24) is 4.90 Å². The lowest BCUT2D eigenvalue weighted by Crippen LogP contribution is -2.39. The Morgan fingerprint density at radius 1 is 1.21 bits per heavy atom. The van der Waals surface area contributed by atoms with Gasteiger partial charge in [-0.05, 0) is 36.2 Å². The first-order valence-electron chi connectivity index (χ1n) is 8.65. The minimum atomic E-state index is -1.11. The predicted octanol–water partition coefficient (Wildman–Crippen LogP) is 3.48. The SMILES string of the molecule is Cc1cc(NC(=O)C(C)(C)C)sc1C(=O)N(C)C(C(N)=O)c1cccc(F)c1. The van der Waals surface area contributed by atoms with E-state index in [0.29, 0.717) is 21.0 Å². The second-order valence-corrected chi connectivity index (χ2v) is 8.66. The Hall–Kier alpha value is -2.74. The van der Waals surface area contributed by atoms with Crippen molar-refractivity contribution in [1.29, 1.82) is 0 Å². The molecule has 3 amide bonds. The van der Waals surface area contributed by atoms with Crippen LogP contribution in [0.3, 0.4) is 0 Å². The van der Waals surface area contributed by atoms with E-state index in [4.69, 9.17) is 5.73 Å². The molecule has 8 heteroatoms. The van der Waals surface area contributed by atoms with E-state index in [9.17, 15) is 18.8 Å². The molecule has 0 saturated heterocycles. The Morgan fingerprint density at radius 3 is 2.39 bits per heavy atom. The molecule has 6 nitrogen and oxygen atoms in total. The highest BCUT2D eigenvalue weighted by Crippen LogP contribution is 2.31. The minimum absolute atomic E-state index is 0.170. The zero-order valence-corrected chi connectivity index (χ0v) is 17.3. The van der Waals surface area contributed by atoms with Gasteiger partial charge in [-0.1, -0.05) is 32.9 Å². The third kappa shape index (κ3) is 4.75. The number of rotatable bonds is 5. The summed E-state index contributed by atoms with van der Waals surface area (Å²) in [6.45, 7) is 7.11. The molecule has 1 atom stereocenters. The van der Waals surface area contributed by atoms with Gasteiger partial charge in [-0.25, -0.2) is 4.39 Å². The number of nitrogens with two attached hydrogens (primary N) is 1. The van der Waals surface area contributed by atoms with E-state index in [-0.39, 0.29) is 5.91 Å². The molecule has 0 bridgehead atoms. The normalized spacial score (nSPS) is 12.4. The highest BCUT2D eigenvalue weighted by Gasteiger charge is 2.30. The summed E-state index contributed by atoms with van der Waals surface area (Å²) in [5, 5.41) is 3.33. The van der Waals surface area contributed by atoms with Crippen LogP contribution < -0.4 is 11.1 Å². The van der Waals surface area contributed by atoms with Gasteiger partial charge in [-0.15, -0.1) is 11.3 Å². The van der Waals surface area contributed by atoms with E-state index in [1.165, 1.54) is 30.1 Å². The van der Waals surface area contributed by atoms with Crippen LogP contribution in [0.2, 0.25) is 0 Å². The van der Waals surface area contributed by atoms with E-state index in [0.717, 1.165) is 11.3 Å². The molecule has 2 aromatic rings. The summed E-state index contributed by atoms with van der Waals surface area (Å²) in [5.41, 5.74) is 5.86. The molecule has 0 saturated carbocycles. The number of nitrogens with one attached hydrogen (secondary N) is 1. The Balaban J connectivity index is 2.31. The fraction of sp³-hybridized carbons (Fsp3) is 0.350. The maximum Gasteiger partial charge on any atom is 0.264 e. The molecular weight excluding hydrogens is 381 g/mol. The van der Waals surface area contributed by atoms with E-state index in [1.54, 1.807) is 39.8 Å². The Kier molecular flexibility index (Phi) is 6.23. The average Bonchev–Trinajstić information content (AvgIpc) is 2.93. The minimum Gasteiger partial charge on any atom is -0.368 e. The van der Waals surface area contributed by atoms with E-state index >= 15 is 0 Å². The molecule has 0 aliphatic rings. The topological polar surface area (TPSA) is 92.5 Å². The van der Waals surface area contributed by atoms with Crippen molar-refractivity contribution in [3.05, 3.63) is 52.2 Å². The molecule has 28 heavy (non-hydrogen) atoms. The smallest absolute Gasteiger partial charge is 0.264 e. The molecular formula is C20H24FN3O3S. The number of thiophene rings is 1. The molecule has 2 rings (SSSR count). The summed E-state index contributed by atoms with van der Waals surface area (Å²) in [7, 11) is 1.44. The van der Waals surface area contributed by atoms with Gasteiger partial charge in [0.15, 0.2) is 0 Å². The number of benzene rings is 1. The number of likely N-dealkylation sites (N-methyl/N-ethyl adjacent to an activating group) is 1. The summed E-state index contributed by atoms with van der Waals surface area (Å²) < 4.78 is 13.6. The summed E-state index contributed by atoms with van der Waals surface area (Å²) in [6, 6.07) is 6.01. The Morgan fingerprint density at radius 2 is 1.86 bits per heavy atom. The van der Waals surface area contributed by atoms with Crippen molar-refractivity contribution in [2.45, 2.75) is 33.7 Å². The van der Waals surface area contributed by atoms with Crippen molar-refractivity contribution in [2.75, 3.05) is 12.4 Å². The van der Waals surface area contributed by atoms with Crippen molar-refractivity contribution in [3.63, 3.8) is 0 Å². The van der Waals surface area contributed by atoms with Crippen molar-refractivity contribution < 1.29 is 18.8 Å². The Labute approximate surface area is 167 Å². The molecule has 0 aliphatic heterocycles. The molecule has 1 aromatic carbocycles. The van der Waals surface area contributed by atoms with Crippen LogP contribution in [-0.2, 0) is 9.59 Å². The van der Waals surface area contributed by atoms with Gasteiger partial charge in [0.2, 0.25) is 11.8 Å². The van der Waals surface area contributed by atoms with Gasteiger partial charge in [-0.3, -0.25) is 14.4 Å². The van der Waals surface area contributed by atoms with E-state index in [2.05, 4.69) is 5.32 Å². The van der Waals surface area contributed by atoms with Crippen LogP contribution in [0.5, 0.6) is 0 Å². The Bertz CT molecular complexity index is 918. The first-order chi connectivity index (χ1) is 12.9. The molecule has 0 fully saturated rings. The zero-order valence-electron chi connectivity index (χ0n) is 16.5. The summed E-state index contributed by atoms with van der Waals surface area (Å²) >= 11 is 1.12. The number of hydrogen-bond donors (Lipinski definition) is 2. The predicted molar refractivity (Wildman–Crippen MR) is 108 cm³/mol. The van der Waals surface area contributed by atoms with Gasteiger partial charge < -0.3 is 16.0 Å². The monoisotopic (exact) mass is 405 g/mol. The van der Waals surface area contributed by atoms with Gasteiger partial charge in [0.1, 0.15) is 11.9 Å². The second-order valence-electron chi connectivity index (χ2n) is 7.60. The fourth-order valence-corrected chi connectivity index (χ4v) is 3.64. The van der Waals surface area contributed by atoms with Crippen molar-refractivity contribution >= 4 is 34.1 Å². The van der Waals surface area contributed by atoms with E-state index in [1.807, 2.05) is 0 Å². The summed E-state index contributed by atoms with van der Waals surface area (Å²) in [4.78, 5) is 38.7. The maximum absolute atomic E-state index is 13.6. The number of carbonyl (C=O) groups excluding carboxylic acids is 3. The number of amides is 3. The van der Waals surface area contributed by atoms with Crippen LogP contribution >= 0.6 is 11.3 Å². The number of carbonyl (C=O) groups is 3. The second kappa shape index (κ2) is 8.10. The molecule has 1 aromatic heterocycles. The maximum atomic E-state index is 13.6. The molecule has 1 heterocycles. The van der Waals surface area contributed by atoms with Gasteiger partial charge >= 0.3 is 0 Å². The largest absolute Gasteiger partial charge is 0.368 e. The number of primary amides is 1. The van der Waals surface area contributed by atoms with Gasteiger partial charge in [0, 0.05) is 12.5 Å². The van der Waals surface area contributed by atoms with Crippen LogP contribution in [0.1, 0.15) is 47.6 Å². The number of nitrogens with zero attached hydrogens (tertiary/aromatic N) is 1. The van der Waals surface area contributed by atoms with Crippen LogP contribution in [0.4, 0.5) is 9.39 Å². The number of halogens is 1. The quantitative estimate of drug-likeness (QED) is 0.798. The average molecular weight is 405 g/mol. The standard InChI is InChI=1S/C20H24FN3O3S/c1-11-9-14(23-19(27)20(2,3)4)28-16(11)18(26)24(5)15(17(22)25)12-7-6-8-13(21)10-12/h6-10,15H,1-5H3,(H2,22,25)(H,23,27). The first kappa shape index (κ1) is 21.6. The molecule has 150 valence electrons. The third-order valence-electron chi connectivity index (χ3n) is 4.17. The third-order valence-corrected chi connectivity index (χ3v) is 5.31. The molecule has 0 aliphatic carbocycles. The first-order valence-corrected chi connectivity index (χ1v) is 9.47. The number of hydrogen-bond acceptors (Lipinski definition) is 4. The van der Waals surface area contributed by atoms with Crippen LogP contribution in [0.15, 0.2) is 30.3 Å². The van der Waals surface area contributed by atoms with Gasteiger partial charge in [-0.2, -0.15) is 0 Å². The van der Waals surface area contributed by atoms with Crippen molar-refractivity contribution in [3.8, 4) is 0 Å². The van der Waals surface area contributed by atoms with Gasteiger partial charge in [0.25, 0.3) is 5.91 Å². The lowest BCUT2D eigenvalue weighted by molar-refractivity contribution is -0.123. The van der Waals surface area contributed by atoms with Crippen LogP contribution in [0, 0.1) is 18.2 Å². The van der Waals surface area contributed by atoms with Crippen molar-refractivity contribution in [2.24, 2.45) is 11.1 Å². The zero-order chi connectivity index (χ0) is 21.2. The highest BCUT2D eigenvalue weighted by molar-refractivity contribution is 7.18. The van der Waals surface area contributed by atoms with Crippen LogP contribution in [0.25, 0.3) is 0 Å². The molecule has 0 spiro atoms.